The molecule has 0 N–H and O–H groups in total. The molecule has 0 spiro atoms. The minimum Gasteiger partial charge on any atom is -0.493 e. The van der Waals surface area contributed by atoms with Gasteiger partial charge in [-0.3, -0.25) is 0 Å². The summed E-state index contributed by atoms with van der Waals surface area (Å²) >= 11 is 0. The van der Waals surface area contributed by atoms with Crippen molar-refractivity contribution in [2.24, 2.45) is 11.8 Å². The minimum atomic E-state index is 0.678. The van der Waals surface area contributed by atoms with Crippen molar-refractivity contribution in [3.8, 4) is 0 Å². The summed E-state index contributed by atoms with van der Waals surface area (Å²) in [5.74, 6) is 2.80. The van der Waals surface area contributed by atoms with Crippen molar-refractivity contribution in [3.63, 3.8) is 0 Å². The van der Waals surface area contributed by atoms with Gasteiger partial charge >= 0.3 is 0 Å². The molecule has 126 valence electrons. The van der Waals surface area contributed by atoms with Crippen molar-refractivity contribution in [2.45, 2.75) is 90.9 Å². The summed E-state index contributed by atoms with van der Waals surface area (Å²) in [5, 5.41) is 0. The molecule has 1 nitrogen and oxygen atoms in total. The molecule has 1 aliphatic carbocycles. The molecule has 1 heterocycles. The Morgan fingerprint density at radius 2 is 1.64 bits per heavy atom. The third-order valence-electron chi connectivity index (χ3n) is 5.38. The lowest BCUT2D eigenvalue weighted by molar-refractivity contribution is 0.181. The number of unbranched alkanes of at least 4 members (excludes halogenated alkanes) is 1. The fourth-order valence-electron chi connectivity index (χ4n) is 4.14. The molecular formula is C21H36O. The monoisotopic (exact) mass is 304 g/mol. The largest absolute Gasteiger partial charge is 0.493 e. The van der Waals surface area contributed by atoms with Crippen LogP contribution >= 0.6 is 0 Å². The van der Waals surface area contributed by atoms with Gasteiger partial charge in [-0.2, -0.15) is 0 Å². The normalized spacial score (nSPS) is 27.0. The topological polar surface area (TPSA) is 9.23 Å². The zero-order valence-corrected chi connectivity index (χ0v) is 14.9. The Labute approximate surface area is 138 Å². The zero-order valence-electron chi connectivity index (χ0n) is 14.9. The van der Waals surface area contributed by atoms with Crippen LogP contribution in [0.1, 0.15) is 90.9 Å². The summed E-state index contributed by atoms with van der Waals surface area (Å²) in [7, 11) is 0. The van der Waals surface area contributed by atoms with E-state index in [0.29, 0.717) is 5.92 Å². The number of allylic oxidation sites excluding steroid dienone is 3. The van der Waals surface area contributed by atoms with Gasteiger partial charge in [-0.05, 0) is 43.3 Å². The van der Waals surface area contributed by atoms with Crippen molar-refractivity contribution in [1.82, 2.24) is 0 Å². The van der Waals surface area contributed by atoms with Crippen molar-refractivity contribution in [1.29, 1.82) is 0 Å². The van der Waals surface area contributed by atoms with Gasteiger partial charge in [0.25, 0.3) is 0 Å². The van der Waals surface area contributed by atoms with Gasteiger partial charge in [-0.15, -0.1) is 0 Å². The molecule has 0 bridgehead atoms. The highest BCUT2D eigenvalue weighted by molar-refractivity contribution is 5.29. The molecule has 2 rings (SSSR count). The van der Waals surface area contributed by atoms with Gasteiger partial charge in [-0.1, -0.05) is 71.3 Å². The minimum absolute atomic E-state index is 0.678. The predicted molar refractivity (Wildman–Crippen MR) is 95.9 cm³/mol. The summed E-state index contributed by atoms with van der Waals surface area (Å²) in [6, 6.07) is 0. The molecule has 2 unspecified atom stereocenters. The molecule has 1 heteroatoms. The quantitative estimate of drug-likeness (QED) is 0.543. The maximum Gasteiger partial charge on any atom is 0.106 e. The highest BCUT2D eigenvalue weighted by Gasteiger charge is 2.25. The van der Waals surface area contributed by atoms with Gasteiger partial charge in [0.2, 0.25) is 0 Å². The van der Waals surface area contributed by atoms with Crippen LogP contribution in [0, 0.1) is 11.8 Å². The second-order valence-corrected chi connectivity index (χ2v) is 7.20. The van der Waals surface area contributed by atoms with Gasteiger partial charge in [0.15, 0.2) is 0 Å². The molecule has 1 aliphatic heterocycles. The Kier molecular flexibility index (Phi) is 8.12. The van der Waals surface area contributed by atoms with Crippen LogP contribution in [-0.4, -0.2) is 6.61 Å². The molecule has 0 aromatic heterocycles. The summed E-state index contributed by atoms with van der Waals surface area (Å²) in [6.45, 7) is 5.43. The van der Waals surface area contributed by atoms with Gasteiger partial charge in [0.1, 0.15) is 12.4 Å². The average Bonchev–Trinajstić information content (AvgIpc) is 2.58. The predicted octanol–water partition coefficient (Wildman–Crippen LogP) is 6.79. The van der Waals surface area contributed by atoms with Crippen molar-refractivity contribution < 1.29 is 4.74 Å². The van der Waals surface area contributed by atoms with E-state index < -0.39 is 0 Å². The molecule has 22 heavy (non-hydrogen) atoms. The molecule has 0 saturated heterocycles. The van der Waals surface area contributed by atoms with Gasteiger partial charge in [0, 0.05) is 5.92 Å². The van der Waals surface area contributed by atoms with Crippen LogP contribution in [0.15, 0.2) is 23.5 Å². The van der Waals surface area contributed by atoms with E-state index in [-0.39, 0.29) is 0 Å². The van der Waals surface area contributed by atoms with Gasteiger partial charge < -0.3 is 4.74 Å². The van der Waals surface area contributed by atoms with E-state index >= 15 is 0 Å². The third-order valence-corrected chi connectivity index (χ3v) is 5.38. The Morgan fingerprint density at radius 1 is 0.909 bits per heavy atom. The van der Waals surface area contributed by atoms with Crippen LogP contribution in [-0.2, 0) is 4.74 Å². The number of rotatable bonds is 5. The average molecular weight is 305 g/mol. The Bertz CT molecular complexity index is 366. The molecular weight excluding hydrogens is 268 g/mol. The standard InChI is InChI=1S/C21H36O/c1-3-5-13-19-15-10-8-6-7-9-14-18(12-4-2)20-16-11-17-22-21(19)20/h11,16,18-19H,3-10,12-15,17H2,1-2H3. The SMILES string of the molecule is CCCCC1CCCCCCCC(CCC)C2=C1OCC=C2. The van der Waals surface area contributed by atoms with E-state index in [9.17, 15) is 0 Å². The molecule has 0 fully saturated rings. The highest BCUT2D eigenvalue weighted by Crippen LogP contribution is 2.37. The van der Waals surface area contributed by atoms with Crippen LogP contribution in [0.3, 0.4) is 0 Å². The van der Waals surface area contributed by atoms with E-state index in [2.05, 4.69) is 26.0 Å². The summed E-state index contributed by atoms with van der Waals surface area (Å²) in [4.78, 5) is 0. The second kappa shape index (κ2) is 10.1. The number of hydrogen-bond donors (Lipinski definition) is 0. The highest BCUT2D eigenvalue weighted by atomic mass is 16.5. The first-order chi connectivity index (χ1) is 10.9. The lowest BCUT2D eigenvalue weighted by Gasteiger charge is -2.29. The Hall–Kier alpha value is -0.720. The van der Waals surface area contributed by atoms with Crippen LogP contribution in [0.4, 0.5) is 0 Å². The van der Waals surface area contributed by atoms with Gasteiger partial charge in [0.05, 0.1) is 0 Å². The lowest BCUT2D eigenvalue weighted by atomic mass is 9.83. The van der Waals surface area contributed by atoms with E-state index in [1.807, 2.05) is 0 Å². The molecule has 2 atom stereocenters. The molecule has 0 amide bonds. The fraction of sp³-hybridized carbons (Fsp3) is 0.810. The molecule has 0 aromatic rings. The van der Waals surface area contributed by atoms with Crippen LogP contribution in [0.2, 0.25) is 0 Å². The second-order valence-electron chi connectivity index (χ2n) is 7.20. The van der Waals surface area contributed by atoms with E-state index in [1.54, 1.807) is 5.57 Å². The first kappa shape index (κ1) is 17.6. The maximum atomic E-state index is 6.23. The first-order valence-electron chi connectivity index (χ1n) is 9.90. The zero-order chi connectivity index (χ0) is 15.6. The summed E-state index contributed by atoms with van der Waals surface area (Å²) in [5.41, 5.74) is 1.57. The fourth-order valence-corrected chi connectivity index (χ4v) is 4.14. The molecule has 0 saturated carbocycles. The lowest BCUT2D eigenvalue weighted by Crippen LogP contribution is -2.17. The van der Waals surface area contributed by atoms with Crippen molar-refractivity contribution in [3.05, 3.63) is 23.5 Å². The third kappa shape index (κ3) is 5.18. The molecule has 0 aromatic carbocycles. The smallest absolute Gasteiger partial charge is 0.106 e. The van der Waals surface area contributed by atoms with Crippen molar-refractivity contribution in [2.75, 3.05) is 6.61 Å². The van der Waals surface area contributed by atoms with Crippen LogP contribution < -0.4 is 0 Å². The number of hydrogen-bond acceptors (Lipinski definition) is 1. The number of ether oxygens (including phenoxy) is 1. The van der Waals surface area contributed by atoms with Gasteiger partial charge in [-0.25, -0.2) is 0 Å². The van der Waals surface area contributed by atoms with E-state index in [4.69, 9.17) is 4.74 Å². The van der Waals surface area contributed by atoms with E-state index in [0.717, 1.165) is 12.5 Å². The van der Waals surface area contributed by atoms with Crippen molar-refractivity contribution >= 4 is 0 Å². The van der Waals surface area contributed by atoms with E-state index in [1.165, 1.54) is 82.8 Å². The first-order valence-corrected chi connectivity index (χ1v) is 9.90. The summed E-state index contributed by atoms with van der Waals surface area (Å²) in [6.07, 6.45) is 21.0. The summed E-state index contributed by atoms with van der Waals surface area (Å²) < 4.78 is 6.23. The molecule has 2 aliphatic rings. The van der Waals surface area contributed by atoms with Crippen LogP contribution in [0.5, 0.6) is 0 Å². The Morgan fingerprint density at radius 3 is 2.36 bits per heavy atom. The Balaban J connectivity index is 2.24. The molecule has 0 radical (unpaired) electrons. The van der Waals surface area contributed by atoms with Crippen LogP contribution in [0.25, 0.3) is 0 Å². The maximum absolute atomic E-state index is 6.23.